The van der Waals surface area contributed by atoms with Gasteiger partial charge in [0.05, 0.1) is 23.6 Å². The maximum atomic E-state index is 13.6. The lowest BCUT2D eigenvalue weighted by Crippen LogP contribution is -2.21. The molecule has 0 aliphatic heterocycles. The lowest BCUT2D eigenvalue weighted by Gasteiger charge is -2.05. The molecule has 3 heterocycles. The maximum absolute atomic E-state index is 13.6. The minimum Gasteiger partial charge on any atom is -0.298 e. The Bertz CT molecular complexity index is 1790. The normalized spacial score (nSPS) is 11.8. The van der Waals surface area contributed by atoms with E-state index in [2.05, 4.69) is 10.1 Å². The third-order valence-electron chi connectivity index (χ3n) is 5.86. The molecule has 6 aromatic rings. The van der Waals surface area contributed by atoms with Crippen LogP contribution in [0.25, 0.3) is 33.2 Å². The van der Waals surface area contributed by atoms with Gasteiger partial charge < -0.3 is 0 Å². The molecule has 0 fully saturated rings. The van der Waals surface area contributed by atoms with E-state index in [1.54, 1.807) is 27.9 Å². The minimum atomic E-state index is -0.169. The topological polar surface area (TPSA) is 78.0 Å². The van der Waals surface area contributed by atoms with Crippen LogP contribution < -0.4 is 5.56 Å². The summed E-state index contributed by atoms with van der Waals surface area (Å²) in [7, 11) is 0. The Morgan fingerprint density at radius 3 is 2.46 bits per heavy atom. The zero-order valence-electron chi connectivity index (χ0n) is 18.5. The van der Waals surface area contributed by atoms with Crippen molar-refractivity contribution in [2.24, 2.45) is 5.10 Å². The van der Waals surface area contributed by atoms with Crippen LogP contribution in [-0.4, -0.2) is 30.4 Å². The van der Waals surface area contributed by atoms with Crippen LogP contribution in [-0.2, 0) is 13.0 Å². The number of fused-ring (bicyclic) bond motifs is 4. The first-order valence-electron chi connectivity index (χ1n) is 11.2. The number of rotatable bonds is 5. The Morgan fingerprint density at radius 2 is 1.66 bits per heavy atom. The second kappa shape index (κ2) is 8.77. The fourth-order valence-electron chi connectivity index (χ4n) is 4.13. The van der Waals surface area contributed by atoms with Crippen molar-refractivity contribution in [1.29, 1.82) is 0 Å². The van der Waals surface area contributed by atoms with Gasteiger partial charge in [-0.15, -0.1) is 0 Å². The highest BCUT2D eigenvalue weighted by Crippen LogP contribution is 2.25. The third kappa shape index (κ3) is 3.96. The lowest BCUT2D eigenvalue weighted by molar-refractivity contribution is 0.661. The second-order valence-corrected chi connectivity index (χ2v) is 8.61. The van der Waals surface area contributed by atoms with Crippen LogP contribution in [0.3, 0.4) is 0 Å². The number of benzene rings is 3. The molecule has 0 unspecified atom stereocenters. The van der Waals surface area contributed by atoms with Crippen LogP contribution in [0.2, 0.25) is 5.02 Å². The van der Waals surface area contributed by atoms with E-state index < -0.39 is 0 Å². The maximum Gasteiger partial charge on any atom is 0.265 e. The summed E-state index contributed by atoms with van der Waals surface area (Å²) in [6, 6.07) is 25.0. The number of hydrogen-bond acceptors (Lipinski definition) is 5. The minimum absolute atomic E-state index is 0.169. The Morgan fingerprint density at radius 1 is 0.886 bits per heavy atom. The lowest BCUT2D eigenvalue weighted by atomic mass is 10.1. The fraction of sp³-hybridized carbons (Fsp3) is 0.0741. The molecule has 0 bridgehead atoms. The van der Waals surface area contributed by atoms with E-state index in [1.165, 1.54) is 0 Å². The highest BCUT2D eigenvalue weighted by molar-refractivity contribution is 6.30. The van der Waals surface area contributed by atoms with Crippen molar-refractivity contribution >= 4 is 51.0 Å². The average molecular weight is 479 g/mol. The molecule has 6 rings (SSSR count). The standard InChI is InChI=1S/C27H19ClN6O/c28-20-10-6-9-19(15-20)16-30-34-25-23(24-26(34)32-22-12-5-4-11-21(22)31-24)27(35)33(17-29-25)14-13-18-7-2-1-3-8-18/h1-12,15-17H,13-14H2/b30-16-. The van der Waals surface area contributed by atoms with Crippen LogP contribution in [0.4, 0.5) is 0 Å². The van der Waals surface area contributed by atoms with E-state index >= 15 is 0 Å². The summed E-state index contributed by atoms with van der Waals surface area (Å²) in [5.74, 6) is 0. The molecule has 0 amide bonds. The Labute approximate surface area is 205 Å². The number of hydrogen-bond donors (Lipinski definition) is 0. The van der Waals surface area contributed by atoms with Crippen molar-refractivity contribution in [3.63, 3.8) is 0 Å². The van der Waals surface area contributed by atoms with E-state index in [1.807, 2.05) is 72.8 Å². The quantitative estimate of drug-likeness (QED) is 0.324. The van der Waals surface area contributed by atoms with Crippen molar-refractivity contribution in [2.75, 3.05) is 0 Å². The van der Waals surface area contributed by atoms with Gasteiger partial charge in [-0.05, 0) is 41.8 Å². The molecule has 0 N–H and O–H groups in total. The first-order chi connectivity index (χ1) is 17.2. The summed E-state index contributed by atoms with van der Waals surface area (Å²) in [6.07, 6.45) is 3.95. The van der Waals surface area contributed by atoms with Crippen molar-refractivity contribution in [3.8, 4) is 0 Å². The Kier molecular flexibility index (Phi) is 5.31. The van der Waals surface area contributed by atoms with E-state index in [-0.39, 0.29) is 5.56 Å². The van der Waals surface area contributed by atoms with Crippen LogP contribution in [0.15, 0.2) is 95.1 Å². The zero-order chi connectivity index (χ0) is 23.8. The summed E-state index contributed by atoms with van der Waals surface area (Å²) < 4.78 is 3.20. The van der Waals surface area contributed by atoms with Crippen LogP contribution in [0.5, 0.6) is 0 Å². The van der Waals surface area contributed by atoms with Crippen LogP contribution in [0, 0.1) is 0 Å². The summed E-state index contributed by atoms with van der Waals surface area (Å²) in [5.41, 5.74) is 4.59. The van der Waals surface area contributed by atoms with E-state index in [0.29, 0.717) is 51.2 Å². The van der Waals surface area contributed by atoms with Crippen molar-refractivity contribution < 1.29 is 0 Å². The van der Waals surface area contributed by atoms with Crippen molar-refractivity contribution in [1.82, 2.24) is 24.2 Å². The third-order valence-corrected chi connectivity index (χ3v) is 6.10. The molecule has 0 aliphatic rings. The second-order valence-electron chi connectivity index (χ2n) is 8.17. The van der Waals surface area contributed by atoms with E-state index in [9.17, 15) is 4.79 Å². The first-order valence-corrected chi connectivity index (χ1v) is 11.6. The van der Waals surface area contributed by atoms with Gasteiger partial charge in [0, 0.05) is 11.6 Å². The predicted molar refractivity (Wildman–Crippen MR) is 139 cm³/mol. The monoisotopic (exact) mass is 478 g/mol. The molecular formula is C27H19ClN6O. The Balaban J connectivity index is 1.54. The molecule has 0 aliphatic carbocycles. The van der Waals surface area contributed by atoms with Gasteiger partial charge in [0.2, 0.25) is 0 Å². The average Bonchev–Trinajstić information content (AvgIpc) is 3.19. The fourth-order valence-corrected chi connectivity index (χ4v) is 4.33. The number of nitrogens with zero attached hydrogens (tertiary/aromatic N) is 6. The SMILES string of the molecule is O=c1c2c3nc4ccccc4nc3n(/N=C\c3cccc(Cl)c3)c2ncn1CCc1ccccc1. The number of para-hydroxylation sites is 2. The summed E-state index contributed by atoms with van der Waals surface area (Å²) in [5, 5.41) is 5.64. The van der Waals surface area contributed by atoms with Gasteiger partial charge in [-0.1, -0.05) is 66.2 Å². The number of aromatic nitrogens is 5. The van der Waals surface area contributed by atoms with Gasteiger partial charge >= 0.3 is 0 Å². The highest BCUT2D eigenvalue weighted by atomic mass is 35.5. The molecule has 0 radical (unpaired) electrons. The van der Waals surface area contributed by atoms with E-state index in [4.69, 9.17) is 21.6 Å². The predicted octanol–water partition coefficient (Wildman–Crippen LogP) is 5.07. The van der Waals surface area contributed by atoms with Gasteiger partial charge in [-0.2, -0.15) is 9.78 Å². The largest absolute Gasteiger partial charge is 0.298 e. The molecular weight excluding hydrogens is 460 g/mol. The molecule has 3 aromatic heterocycles. The smallest absolute Gasteiger partial charge is 0.265 e. The van der Waals surface area contributed by atoms with Gasteiger partial charge in [0.1, 0.15) is 10.9 Å². The molecule has 0 atom stereocenters. The molecule has 3 aromatic carbocycles. The van der Waals surface area contributed by atoms with Crippen molar-refractivity contribution in [2.45, 2.75) is 13.0 Å². The summed E-state index contributed by atoms with van der Waals surface area (Å²) in [6.45, 7) is 0.505. The zero-order valence-corrected chi connectivity index (χ0v) is 19.3. The molecule has 7 nitrogen and oxygen atoms in total. The van der Waals surface area contributed by atoms with E-state index in [0.717, 1.165) is 11.1 Å². The van der Waals surface area contributed by atoms with Gasteiger partial charge in [0.25, 0.3) is 5.56 Å². The van der Waals surface area contributed by atoms with Gasteiger partial charge in [-0.3, -0.25) is 9.36 Å². The van der Waals surface area contributed by atoms with Gasteiger partial charge in [0.15, 0.2) is 11.3 Å². The first kappa shape index (κ1) is 21.2. The molecule has 35 heavy (non-hydrogen) atoms. The molecule has 0 spiro atoms. The molecule has 0 saturated carbocycles. The molecule has 8 heteroatoms. The molecule has 170 valence electrons. The number of halogens is 1. The highest BCUT2D eigenvalue weighted by Gasteiger charge is 2.19. The summed E-state index contributed by atoms with van der Waals surface area (Å²) in [4.78, 5) is 27.8. The summed E-state index contributed by atoms with van der Waals surface area (Å²) >= 11 is 6.13. The number of aryl methyl sites for hydroxylation is 2. The van der Waals surface area contributed by atoms with Crippen molar-refractivity contribution in [3.05, 3.63) is 112 Å². The Hall–Kier alpha value is -4.36. The van der Waals surface area contributed by atoms with Gasteiger partial charge in [-0.25, -0.2) is 15.0 Å². The molecule has 0 saturated heterocycles. The van der Waals surface area contributed by atoms with Crippen LogP contribution >= 0.6 is 11.6 Å². The van der Waals surface area contributed by atoms with Crippen LogP contribution in [0.1, 0.15) is 11.1 Å².